The minimum Gasteiger partial charge on any atom is -0.490 e. The maximum atomic E-state index is 15.6. The molecule has 3 atom stereocenters. The van der Waals surface area contributed by atoms with Crippen LogP contribution in [0.15, 0.2) is 42.6 Å². The summed E-state index contributed by atoms with van der Waals surface area (Å²) in [6, 6.07) is 10.4. The summed E-state index contributed by atoms with van der Waals surface area (Å²) >= 11 is 0. The largest absolute Gasteiger partial charge is 0.490 e. The van der Waals surface area contributed by atoms with E-state index in [-0.39, 0.29) is 48.1 Å². The molecule has 45 heavy (non-hydrogen) atoms. The lowest BCUT2D eigenvalue weighted by Gasteiger charge is -2.38. The van der Waals surface area contributed by atoms with E-state index in [1.165, 1.54) is 6.07 Å². The van der Waals surface area contributed by atoms with Crippen molar-refractivity contribution >= 4 is 11.9 Å². The first-order chi connectivity index (χ1) is 21.7. The lowest BCUT2D eigenvalue weighted by Crippen LogP contribution is -2.49. The smallest absolute Gasteiger partial charge is 0.357 e. The summed E-state index contributed by atoms with van der Waals surface area (Å²) in [5.74, 6) is -1.24. The number of carboxylic acids is 1. The Bertz CT molecular complexity index is 1630. The third kappa shape index (κ3) is 5.51. The van der Waals surface area contributed by atoms with Gasteiger partial charge >= 0.3 is 5.97 Å². The van der Waals surface area contributed by atoms with E-state index in [0.717, 1.165) is 44.1 Å². The van der Waals surface area contributed by atoms with Crippen LogP contribution in [0, 0.1) is 5.82 Å². The molecule has 3 saturated carbocycles. The number of carbonyl (C=O) groups excluding carboxylic acids is 1. The Kier molecular flexibility index (Phi) is 7.66. The highest BCUT2D eigenvalue weighted by Crippen LogP contribution is 2.47. The van der Waals surface area contributed by atoms with Crippen molar-refractivity contribution in [1.82, 2.24) is 20.4 Å². The summed E-state index contributed by atoms with van der Waals surface area (Å²) in [6.45, 7) is 2.46. The van der Waals surface area contributed by atoms with Crippen molar-refractivity contribution in [3.63, 3.8) is 0 Å². The van der Waals surface area contributed by atoms with Gasteiger partial charge in [0.15, 0.2) is 5.69 Å². The monoisotopic (exact) mass is 618 g/mol. The van der Waals surface area contributed by atoms with Gasteiger partial charge in [0.25, 0.3) is 5.91 Å². The Morgan fingerprint density at radius 2 is 1.93 bits per heavy atom. The SMILES string of the molecule is CCn1cc(-c2ccc(O[C@@H]3CC[C@@H](NC(=O)[C@@]4(F)CNC5(CCC5)C4)C3)c(-c3cccc(F)c3C3CCC3)c2)c(C(=O)O)n1. The molecule has 7 rings (SSSR count). The fourth-order valence-electron chi connectivity index (χ4n) is 7.63. The van der Waals surface area contributed by atoms with Crippen LogP contribution >= 0.6 is 0 Å². The number of rotatable bonds is 9. The molecule has 3 aromatic rings. The van der Waals surface area contributed by atoms with E-state index < -0.39 is 17.5 Å². The fourth-order valence-corrected chi connectivity index (χ4v) is 7.63. The van der Waals surface area contributed by atoms with Crippen molar-refractivity contribution in [3.8, 4) is 28.0 Å². The minimum atomic E-state index is -1.89. The third-order valence-electron chi connectivity index (χ3n) is 10.5. The predicted octanol–water partition coefficient (Wildman–Crippen LogP) is 6.38. The molecule has 1 spiro atoms. The Balaban J connectivity index is 1.16. The number of aryl methyl sites for hydroxylation is 1. The number of amides is 1. The molecular weight excluding hydrogens is 578 g/mol. The maximum absolute atomic E-state index is 15.6. The van der Waals surface area contributed by atoms with Crippen molar-refractivity contribution in [3.05, 3.63) is 59.7 Å². The van der Waals surface area contributed by atoms with E-state index in [2.05, 4.69) is 15.7 Å². The van der Waals surface area contributed by atoms with Crippen LogP contribution in [0.5, 0.6) is 5.75 Å². The average molecular weight is 619 g/mol. The molecule has 1 amide bonds. The molecule has 10 heteroatoms. The van der Waals surface area contributed by atoms with Gasteiger partial charge in [0.05, 0.1) is 0 Å². The molecule has 3 N–H and O–H groups in total. The molecule has 8 nitrogen and oxygen atoms in total. The number of ether oxygens (including phenoxy) is 1. The first-order valence-electron chi connectivity index (χ1n) is 16.3. The minimum absolute atomic E-state index is 0.0457. The zero-order chi connectivity index (χ0) is 31.3. The van der Waals surface area contributed by atoms with Crippen molar-refractivity contribution in [2.75, 3.05) is 6.54 Å². The van der Waals surface area contributed by atoms with E-state index in [1.807, 2.05) is 31.2 Å². The summed E-state index contributed by atoms with van der Waals surface area (Å²) < 4.78 is 39.2. The van der Waals surface area contributed by atoms with Gasteiger partial charge in [-0.2, -0.15) is 5.10 Å². The van der Waals surface area contributed by atoms with E-state index >= 15 is 8.78 Å². The number of alkyl halides is 1. The number of nitrogens with zero attached hydrogens (tertiary/aromatic N) is 2. The van der Waals surface area contributed by atoms with Crippen LogP contribution in [0.2, 0.25) is 0 Å². The van der Waals surface area contributed by atoms with Crippen molar-refractivity contribution in [1.29, 1.82) is 0 Å². The second-order valence-corrected chi connectivity index (χ2v) is 13.4. The van der Waals surface area contributed by atoms with Crippen LogP contribution in [0.3, 0.4) is 0 Å². The summed E-state index contributed by atoms with van der Waals surface area (Å²) in [7, 11) is 0. The second-order valence-electron chi connectivity index (χ2n) is 13.4. The van der Waals surface area contributed by atoms with Gasteiger partial charge < -0.3 is 20.5 Å². The quantitative estimate of drug-likeness (QED) is 0.257. The lowest BCUT2D eigenvalue weighted by atomic mass is 9.74. The molecule has 4 aliphatic rings. The molecule has 238 valence electrons. The van der Waals surface area contributed by atoms with Gasteiger partial charge in [0, 0.05) is 54.8 Å². The highest BCUT2D eigenvalue weighted by atomic mass is 19.1. The summed E-state index contributed by atoms with van der Waals surface area (Å²) in [5, 5.41) is 20.3. The number of nitrogens with one attached hydrogen (secondary N) is 2. The summed E-state index contributed by atoms with van der Waals surface area (Å²) in [4.78, 5) is 25.1. The molecule has 1 saturated heterocycles. The molecule has 1 aromatic heterocycles. The molecule has 0 radical (unpaired) electrons. The van der Waals surface area contributed by atoms with Crippen molar-refractivity contribution < 1.29 is 28.2 Å². The third-order valence-corrected chi connectivity index (χ3v) is 10.5. The van der Waals surface area contributed by atoms with E-state index in [1.54, 1.807) is 16.9 Å². The van der Waals surface area contributed by atoms with Gasteiger partial charge in [-0.25, -0.2) is 13.6 Å². The van der Waals surface area contributed by atoms with E-state index in [4.69, 9.17) is 4.74 Å². The second kappa shape index (κ2) is 11.5. The van der Waals surface area contributed by atoms with Crippen molar-refractivity contribution in [2.45, 2.75) is 107 Å². The molecule has 4 fully saturated rings. The molecular formula is C35H40F2N4O4. The Labute approximate surface area is 261 Å². The van der Waals surface area contributed by atoms with Crippen molar-refractivity contribution in [2.24, 2.45) is 0 Å². The number of hydrogen-bond acceptors (Lipinski definition) is 5. The average Bonchev–Trinajstić information content (AvgIpc) is 3.71. The van der Waals surface area contributed by atoms with E-state index in [9.17, 15) is 14.7 Å². The van der Waals surface area contributed by atoms with Crippen LogP contribution < -0.4 is 15.4 Å². The first-order valence-corrected chi connectivity index (χ1v) is 16.3. The number of carbonyl (C=O) groups is 2. The number of carboxylic acid groups (broad SMARTS) is 1. The highest BCUT2D eigenvalue weighted by molar-refractivity contribution is 5.94. The van der Waals surface area contributed by atoms with Gasteiger partial charge in [-0.1, -0.05) is 24.6 Å². The maximum Gasteiger partial charge on any atom is 0.357 e. The topological polar surface area (TPSA) is 105 Å². The summed E-state index contributed by atoms with van der Waals surface area (Å²) in [6.07, 6.45) is 9.37. The summed E-state index contributed by atoms with van der Waals surface area (Å²) in [5.41, 5.74) is 1.06. The zero-order valence-corrected chi connectivity index (χ0v) is 25.6. The lowest BCUT2D eigenvalue weighted by molar-refractivity contribution is -0.133. The number of halogens is 2. The molecule has 0 unspecified atom stereocenters. The zero-order valence-electron chi connectivity index (χ0n) is 25.6. The molecule has 2 heterocycles. The molecule has 1 aliphatic heterocycles. The van der Waals surface area contributed by atoms with Crippen LogP contribution in [0.4, 0.5) is 8.78 Å². The van der Waals surface area contributed by atoms with Gasteiger partial charge in [0.1, 0.15) is 17.7 Å². The number of aromatic nitrogens is 2. The van der Waals surface area contributed by atoms with Crippen LogP contribution in [0.1, 0.15) is 93.1 Å². The normalized spacial score (nSPS) is 25.6. The predicted molar refractivity (Wildman–Crippen MR) is 166 cm³/mol. The Hall–Kier alpha value is -3.79. The fraction of sp³-hybridized carbons (Fsp3) is 0.514. The standard InChI is InChI=1S/C35H40F2N4O4/c1-2-41-18-27(31(40-41)32(42)43)22-10-13-29(26(16-22)25-8-4-9-28(36)30(25)21-6-3-7-21)45-24-12-11-23(17-24)39-33(44)35(37)19-34(38-20-35)14-5-15-34/h4,8-10,13,16,18,21,23-24,38H,2-3,5-7,11-12,14-15,17,19-20H2,1H3,(H,39,44)(H,42,43)/t23-,24-,35+/m1/s1. The first kappa shape index (κ1) is 29.9. The molecule has 2 aromatic carbocycles. The Morgan fingerprint density at radius 1 is 1.11 bits per heavy atom. The van der Waals surface area contributed by atoms with E-state index in [0.29, 0.717) is 53.8 Å². The van der Waals surface area contributed by atoms with Crippen LogP contribution in [-0.2, 0) is 11.3 Å². The van der Waals surface area contributed by atoms with Gasteiger partial charge in [0.2, 0.25) is 5.67 Å². The van der Waals surface area contributed by atoms with Crippen LogP contribution in [0.25, 0.3) is 22.3 Å². The van der Waals surface area contributed by atoms with Crippen LogP contribution in [-0.4, -0.2) is 56.7 Å². The highest BCUT2D eigenvalue weighted by Gasteiger charge is 2.55. The van der Waals surface area contributed by atoms with Gasteiger partial charge in [-0.3, -0.25) is 9.48 Å². The molecule has 3 aliphatic carbocycles. The molecule has 0 bridgehead atoms. The van der Waals surface area contributed by atoms with Gasteiger partial charge in [-0.15, -0.1) is 0 Å². The number of hydrogen-bond donors (Lipinski definition) is 3. The number of aromatic carboxylic acids is 1. The van der Waals surface area contributed by atoms with Gasteiger partial charge in [-0.05, 0) is 92.7 Å². The number of benzene rings is 2. The Morgan fingerprint density at radius 3 is 2.60 bits per heavy atom.